The molecule has 2 aromatic heterocycles. The van der Waals surface area contributed by atoms with E-state index < -0.39 is 0 Å². The normalized spacial score (nSPS) is 11.5. The minimum Gasteiger partial charge on any atom is -0.320 e. The number of halogens is 3. The van der Waals surface area contributed by atoms with Crippen molar-refractivity contribution in [2.45, 2.75) is 0 Å². The van der Waals surface area contributed by atoms with E-state index in [2.05, 4.69) is 31.4 Å². The predicted octanol–water partition coefficient (Wildman–Crippen LogP) is 6.00. The van der Waals surface area contributed by atoms with Gasteiger partial charge in [0.05, 0.1) is 5.03 Å². The molecule has 0 fully saturated rings. The third-order valence-electron chi connectivity index (χ3n) is 2.78. The lowest BCUT2D eigenvalue weighted by Crippen LogP contribution is -2.11. The number of nitrogens with zero attached hydrogens (tertiary/aromatic N) is 2. The van der Waals surface area contributed by atoms with Gasteiger partial charge in [-0.25, -0.2) is 0 Å². The Morgan fingerprint density at radius 2 is 1.92 bits per heavy atom. The van der Waals surface area contributed by atoms with Crippen molar-refractivity contribution in [3.05, 3.63) is 60.1 Å². The zero-order valence-corrected chi connectivity index (χ0v) is 16.5. The lowest BCUT2D eigenvalue weighted by Gasteiger charge is -2.01. The highest BCUT2D eigenvalue weighted by Crippen LogP contribution is 2.29. The van der Waals surface area contributed by atoms with Gasteiger partial charge in [0.25, 0.3) is 5.91 Å². The van der Waals surface area contributed by atoms with Gasteiger partial charge >= 0.3 is 0 Å². The molecule has 3 aromatic rings. The Morgan fingerprint density at radius 3 is 2.58 bits per heavy atom. The maximum absolute atomic E-state index is 12.2. The van der Waals surface area contributed by atoms with Crippen LogP contribution in [0.1, 0.15) is 19.7 Å². The third-order valence-corrected chi connectivity index (χ3v) is 6.03. The van der Waals surface area contributed by atoms with Crippen molar-refractivity contribution in [1.82, 2.24) is 10.2 Å². The van der Waals surface area contributed by atoms with Crippen molar-refractivity contribution in [2.75, 3.05) is 5.32 Å². The molecule has 0 spiro atoms. The lowest BCUT2D eigenvalue weighted by atomic mass is 10.3. The molecule has 0 atom stereocenters. The van der Waals surface area contributed by atoms with Crippen LogP contribution in [0.3, 0.4) is 0 Å². The predicted molar refractivity (Wildman–Crippen MR) is 105 cm³/mol. The Kier molecular flexibility index (Phi) is 5.68. The summed E-state index contributed by atoms with van der Waals surface area (Å²) in [5.41, 5.74) is 0.631. The number of rotatable bonds is 4. The molecule has 0 bridgehead atoms. The van der Waals surface area contributed by atoms with Gasteiger partial charge in [-0.2, -0.15) is 0 Å². The van der Waals surface area contributed by atoms with E-state index in [9.17, 15) is 4.79 Å². The van der Waals surface area contributed by atoms with Crippen LogP contribution >= 0.6 is 61.8 Å². The summed E-state index contributed by atoms with van der Waals surface area (Å²) < 4.78 is 0.989. The summed E-state index contributed by atoms with van der Waals surface area (Å²) >= 11 is 18.1. The van der Waals surface area contributed by atoms with Crippen molar-refractivity contribution < 1.29 is 4.79 Å². The van der Waals surface area contributed by atoms with Gasteiger partial charge in [0, 0.05) is 25.4 Å². The van der Waals surface area contributed by atoms with Gasteiger partial charge in [-0.3, -0.25) is 4.79 Å². The number of hydrogen-bond acceptors (Lipinski definition) is 5. The fourth-order valence-corrected chi connectivity index (χ4v) is 4.20. The summed E-state index contributed by atoms with van der Waals surface area (Å²) in [4.78, 5) is 13.2. The van der Waals surface area contributed by atoms with Crippen LogP contribution in [0.2, 0.25) is 5.02 Å². The highest BCUT2D eigenvalue weighted by atomic mass is 79.9. The molecular weight excluding hydrogens is 453 g/mol. The molecule has 0 unspecified atom stereocenters. The second kappa shape index (κ2) is 7.76. The molecule has 1 aromatic carbocycles. The standard InChI is InChI=1S/C15H8BrCl2N3OS2/c16-8-5-11(23-7-8)6-12(18)14-20-21-15(24-14)13(22)19-10-3-1-9(17)2-4-10/h1-7H,(H,19,22)/b12-6+. The fraction of sp³-hybridized carbons (Fsp3) is 0. The summed E-state index contributed by atoms with van der Waals surface area (Å²) in [6.07, 6.45) is 1.79. The molecule has 0 aliphatic heterocycles. The minimum atomic E-state index is -0.343. The highest BCUT2D eigenvalue weighted by molar-refractivity contribution is 9.10. The van der Waals surface area contributed by atoms with Gasteiger partial charge in [-0.1, -0.05) is 34.5 Å². The summed E-state index contributed by atoms with van der Waals surface area (Å²) in [6.45, 7) is 0. The van der Waals surface area contributed by atoms with Crippen molar-refractivity contribution in [1.29, 1.82) is 0 Å². The number of carbonyl (C=O) groups is 1. The molecule has 9 heteroatoms. The Labute approximate surface area is 164 Å². The number of aromatic nitrogens is 2. The first-order chi connectivity index (χ1) is 11.5. The van der Waals surface area contributed by atoms with Gasteiger partial charge in [-0.05, 0) is 52.3 Å². The molecule has 3 rings (SSSR count). The number of benzene rings is 1. The highest BCUT2D eigenvalue weighted by Gasteiger charge is 2.15. The van der Waals surface area contributed by atoms with E-state index in [0.717, 1.165) is 20.7 Å². The average Bonchev–Trinajstić information content (AvgIpc) is 3.19. The first-order valence-corrected chi connectivity index (χ1v) is 9.78. The second-order valence-corrected chi connectivity index (χ2v) is 8.21. The molecule has 0 aliphatic rings. The Balaban J connectivity index is 1.73. The van der Waals surface area contributed by atoms with E-state index in [1.165, 1.54) is 0 Å². The topological polar surface area (TPSA) is 54.9 Å². The van der Waals surface area contributed by atoms with E-state index in [1.807, 2.05) is 11.4 Å². The molecule has 0 saturated carbocycles. The van der Waals surface area contributed by atoms with Crippen LogP contribution in [0.5, 0.6) is 0 Å². The van der Waals surface area contributed by atoms with Crippen molar-refractivity contribution in [3.63, 3.8) is 0 Å². The first kappa shape index (κ1) is 17.6. The van der Waals surface area contributed by atoms with Gasteiger partial charge in [-0.15, -0.1) is 21.5 Å². The van der Waals surface area contributed by atoms with Crippen molar-refractivity contribution in [2.24, 2.45) is 0 Å². The molecule has 1 amide bonds. The van der Waals surface area contributed by atoms with Crippen LogP contribution in [-0.4, -0.2) is 16.1 Å². The molecule has 24 heavy (non-hydrogen) atoms. The zero-order chi connectivity index (χ0) is 17.1. The Hall–Kier alpha value is -1.25. The molecule has 2 heterocycles. The number of hydrogen-bond donors (Lipinski definition) is 1. The van der Waals surface area contributed by atoms with Crippen LogP contribution in [0, 0.1) is 0 Å². The fourth-order valence-electron chi connectivity index (χ4n) is 1.72. The van der Waals surface area contributed by atoms with Gasteiger partial charge in [0.2, 0.25) is 5.01 Å². The summed E-state index contributed by atoms with van der Waals surface area (Å²) in [6, 6.07) is 8.76. The van der Waals surface area contributed by atoms with Gasteiger partial charge in [0.15, 0.2) is 5.01 Å². The monoisotopic (exact) mass is 459 g/mol. The smallest absolute Gasteiger partial charge is 0.286 e. The largest absolute Gasteiger partial charge is 0.320 e. The maximum Gasteiger partial charge on any atom is 0.286 e. The van der Waals surface area contributed by atoms with Crippen LogP contribution < -0.4 is 5.32 Å². The van der Waals surface area contributed by atoms with Crippen molar-refractivity contribution in [3.8, 4) is 0 Å². The number of carbonyl (C=O) groups excluding carboxylic acids is 1. The van der Waals surface area contributed by atoms with E-state index in [1.54, 1.807) is 41.7 Å². The summed E-state index contributed by atoms with van der Waals surface area (Å²) in [5, 5.41) is 14.3. The summed E-state index contributed by atoms with van der Waals surface area (Å²) in [5.74, 6) is -0.343. The first-order valence-electron chi connectivity index (χ1n) is 6.53. The van der Waals surface area contributed by atoms with E-state index in [-0.39, 0.29) is 10.9 Å². The second-order valence-electron chi connectivity index (χ2n) is 4.53. The SMILES string of the molecule is O=C(Nc1ccc(Cl)cc1)c1nnc(/C(Cl)=C\c2cc(Br)cs2)s1. The van der Waals surface area contributed by atoms with Crippen LogP contribution in [-0.2, 0) is 0 Å². The van der Waals surface area contributed by atoms with Gasteiger partial charge < -0.3 is 5.32 Å². The summed E-state index contributed by atoms with van der Waals surface area (Å²) in [7, 11) is 0. The molecule has 1 N–H and O–H groups in total. The molecule has 122 valence electrons. The number of amides is 1. The molecule has 0 radical (unpaired) electrons. The number of nitrogens with one attached hydrogen (secondary N) is 1. The Morgan fingerprint density at radius 1 is 1.21 bits per heavy atom. The third kappa shape index (κ3) is 4.43. The van der Waals surface area contributed by atoms with Crippen molar-refractivity contribution >= 4 is 84.5 Å². The lowest BCUT2D eigenvalue weighted by molar-refractivity contribution is 0.102. The van der Waals surface area contributed by atoms with E-state index in [0.29, 0.717) is 20.7 Å². The van der Waals surface area contributed by atoms with Crippen LogP contribution in [0.15, 0.2) is 40.2 Å². The maximum atomic E-state index is 12.2. The van der Waals surface area contributed by atoms with Crippen LogP contribution in [0.25, 0.3) is 11.1 Å². The molecule has 4 nitrogen and oxygen atoms in total. The van der Waals surface area contributed by atoms with Crippen LogP contribution in [0.4, 0.5) is 5.69 Å². The average molecular weight is 461 g/mol. The minimum absolute atomic E-state index is 0.235. The number of anilines is 1. The molecule has 0 aliphatic carbocycles. The zero-order valence-electron chi connectivity index (χ0n) is 11.8. The Bertz CT molecular complexity index is 906. The van der Waals surface area contributed by atoms with E-state index >= 15 is 0 Å². The van der Waals surface area contributed by atoms with Gasteiger partial charge in [0.1, 0.15) is 0 Å². The molecule has 0 saturated heterocycles. The molecular formula is C15H8BrCl2N3OS2. The number of thiophene rings is 1. The van der Waals surface area contributed by atoms with E-state index in [4.69, 9.17) is 23.2 Å². The quantitative estimate of drug-likeness (QED) is 0.519.